The molecule has 1 atom stereocenters. The van der Waals surface area contributed by atoms with Gasteiger partial charge >= 0.3 is 0 Å². The van der Waals surface area contributed by atoms with Crippen molar-refractivity contribution in [2.45, 2.75) is 26.4 Å². The Morgan fingerprint density at radius 2 is 2.26 bits per heavy atom. The van der Waals surface area contributed by atoms with Crippen molar-refractivity contribution >= 4 is 16.6 Å². The molecule has 4 nitrogen and oxygen atoms in total. The number of H-pyrrole nitrogens is 1. The second kappa shape index (κ2) is 4.80. The quantitative estimate of drug-likeness (QED) is 0.747. The van der Waals surface area contributed by atoms with E-state index in [0.29, 0.717) is 0 Å². The summed E-state index contributed by atoms with van der Waals surface area (Å²) in [4.78, 5) is 3.20. The number of anilines is 1. The predicted octanol–water partition coefficient (Wildman–Crippen LogP) is 3.56. The minimum absolute atomic E-state index is 0.247. The van der Waals surface area contributed by atoms with E-state index >= 15 is 0 Å². The van der Waals surface area contributed by atoms with Gasteiger partial charge in [0.05, 0.1) is 12.2 Å². The Hall–Kier alpha value is -2.23. The molecule has 4 heteroatoms. The van der Waals surface area contributed by atoms with E-state index in [4.69, 9.17) is 0 Å². The Labute approximate surface area is 112 Å². The van der Waals surface area contributed by atoms with Crippen LogP contribution in [0.2, 0.25) is 0 Å². The highest BCUT2D eigenvalue weighted by Crippen LogP contribution is 2.22. The molecule has 0 spiro atoms. The van der Waals surface area contributed by atoms with Crippen LogP contribution in [0.15, 0.2) is 42.9 Å². The third-order valence-corrected chi connectivity index (χ3v) is 3.41. The zero-order valence-electron chi connectivity index (χ0n) is 11.2. The minimum Gasteiger partial charge on any atom is -0.378 e. The lowest BCUT2D eigenvalue weighted by Gasteiger charge is -2.13. The standard InChI is InChI=1S/C15H18N4/c1-3-19-10-13(9-17-19)11(2)18-14-4-5-15-12(8-14)6-7-16-15/h4-11,16,18H,3H2,1-2H3. The number of aryl methyl sites for hydroxylation is 1. The van der Waals surface area contributed by atoms with Crippen LogP contribution in [0.5, 0.6) is 0 Å². The lowest BCUT2D eigenvalue weighted by atomic mass is 10.1. The van der Waals surface area contributed by atoms with E-state index in [2.05, 4.69) is 59.7 Å². The number of benzene rings is 1. The number of hydrogen-bond acceptors (Lipinski definition) is 2. The molecule has 0 aliphatic rings. The largest absolute Gasteiger partial charge is 0.378 e. The molecular formula is C15H18N4. The number of nitrogens with one attached hydrogen (secondary N) is 2. The molecule has 0 radical (unpaired) electrons. The average Bonchev–Trinajstić information content (AvgIpc) is 3.06. The number of rotatable bonds is 4. The number of nitrogens with zero attached hydrogens (tertiary/aromatic N) is 2. The fraction of sp³-hybridized carbons (Fsp3) is 0.267. The third-order valence-electron chi connectivity index (χ3n) is 3.41. The monoisotopic (exact) mass is 254 g/mol. The zero-order chi connectivity index (χ0) is 13.2. The van der Waals surface area contributed by atoms with Crippen molar-refractivity contribution in [2.24, 2.45) is 0 Å². The van der Waals surface area contributed by atoms with E-state index in [1.54, 1.807) is 0 Å². The van der Waals surface area contributed by atoms with Crippen LogP contribution < -0.4 is 5.32 Å². The van der Waals surface area contributed by atoms with Gasteiger partial charge in [0.15, 0.2) is 0 Å². The maximum absolute atomic E-state index is 4.31. The van der Waals surface area contributed by atoms with Crippen molar-refractivity contribution in [3.05, 3.63) is 48.4 Å². The summed E-state index contributed by atoms with van der Waals surface area (Å²) in [5.74, 6) is 0. The number of aromatic amines is 1. The first-order valence-electron chi connectivity index (χ1n) is 6.62. The van der Waals surface area contributed by atoms with Crippen molar-refractivity contribution in [3.8, 4) is 0 Å². The summed E-state index contributed by atoms with van der Waals surface area (Å²) in [5.41, 5.74) is 3.50. The second-order valence-electron chi connectivity index (χ2n) is 4.78. The van der Waals surface area contributed by atoms with Crippen LogP contribution in [0.3, 0.4) is 0 Å². The Morgan fingerprint density at radius 1 is 1.37 bits per heavy atom. The first-order chi connectivity index (χ1) is 9.26. The van der Waals surface area contributed by atoms with Crippen LogP contribution in [-0.2, 0) is 6.54 Å². The van der Waals surface area contributed by atoms with Gasteiger partial charge in [-0.15, -0.1) is 0 Å². The summed E-state index contributed by atoms with van der Waals surface area (Å²) >= 11 is 0. The highest BCUT2D eigenvalue weighted by molar-refractivity contribution is 5.83. The summed E-state index contributed by atoms with van der Waals surface area (Å²) in [6, 6.07) is 8.68. The van der Waals surface area contributed by atoms with Crippen LogP contribution in [-0.4, -0.2) is 14.8 Å². The molecule has 0 fully saturated rings. The van der Waals surface area contributed by atoms with Gasteiger partial charge in [0.25, 0.3) is 0 Å². The van der Waals surface area contributed by atoms with Gasteiger partial charge in [-0.1, -0.05) is 0 Å². The molecule has 1 aromatic carbocycles. The molecule has 0 saturated heterocycles. The van der Waals surface area contributed by atoms with Crippen LogP contribution in [0, 0.1) is 0 Å². The van der Waals surface area contributed by atoms with E-state index in [-0.39, 0.29) is 6.04 Å². The zero-order valence-corrected chi connectivity index (χ0v) is 11.2. The predicted molar refractivity (Wildman–Crippen MR) is 78.2 cm³/mol. The highest BCUT2D eigenvalue weighted by Gasteiger charge is 2.08. The molecule has 1 unspecified atom stereocenters. The van der Waals surface area contributed by atoms with E-state index in [9.17, 15) is 0 Å². The smallest absolute Gasteiger partial charge is 0.0542 e. The SMILES string of the molecule is CCn1cc(C(C)Nc2ccc3[nH]ccc3c2)cn1. The van der Waals surface area contributed by atoms with E-state index < -0.39 is 0 Å². The van der Waals surface area contributed by atoms with Gasteiger partial charge < -0.3 is 10.3 Å². The molecule has 0 bridgehead atoms. The number of fused-ring (bicyclic) bond motifs is 1. The maximum Gasteiger partial charge on any atom is 0.0542 e. The molecule has 19 heavy (non-hydrogen) atoms. The van der Waals surface area contributed by atoms with Gasteiger partial charge in [0.1, 0.15) is 0 Å². The van der Waals surface area contributed by atoms with E-state index in [1.165, 1.54) is 10.9 Å². The van der Waals surface area contributed by atoms with Crippen molar-refractivity contribution in [1.82, 2.24) is 14.8 Å². The van der Waals surface area contributed by atoms with Gasteiger partial charge in [-0.25, -0.2) is 0 Å². The molecule has 3 aromatic rings. The third kappa shape index (κ3) is 2.34. The topological polar surface area (TPSA) is 45.6 Å². The first-order valence-corrected chi connectivity index (χ1v) is 6.62. The lowest BCUT2D eigenvalue weighted by molar-refractivity contribution is 0.658. The molecule has 0 aliphatic carbocycles. The number of hydrogen-bond donors (Lipinski definition) is 2. The Bertz CT molecular complexity index is 680. The highest BCUT2D eigenvalue weighted by atomic mass is 15.3. The van der Waals surface area contributed by atoms with Crippen LogP contribution in [0.25, 0.3) is 10.9 Å². The summed E-state index contributed by atoms with van der Waals surface area (Å²) < 4.78 is 1.95. The van der Waals surface area contributed by atoms with Crippen molar-refractivity contribution in [2.75, 3.05) is 5.32 Å². The molecule has 98 valence electrons. The number of aromatic nitrogens is 3. The van der Waals surface area contributed by atoms with Crippen molar-refractivity contribution in [3.63, 3.8) is 0 Å². The van der Waals surface area contributed by atoms with Crippen LogP contribution in [0.1, 0.15) is 25.5 Å². The summed E-state index contributed by atoms with van der Waals surface area (Å²) in [6.45, 7) is 5.15. The van der Waals surface area contributed by atoms with Gasteiger partial charge in [0.2, 0.25) is 0 Å². The second-order valence-corrected chi connectivity index (χ2v) is 4.78. The van der Waals surface area contributed by atoms with Gasteiger partial charge in [0, 0.05) is 41.1 Å². The normalized spacial score (nSPS) is 12.7. The lowest BCUT2D eigenvalue weighted by Crippen LogP contribution is -2.05. The van der Waals surface area contributed by atoms with Crippen LogP contribution >= 0.6 is 0 Å². The van der Waals surface area contributed by atoms with E-state index in [0.717, 1.165) is 17.7 Å². The molecule has 2 N–H and O–H groups in total. The molecular weight excluding hydrogens is 236 g/mol. The minimum atomic E-state index is 0.247. The summed E-state index contributed by atoms with van der Waals surface area (Å²) in [7, 11) is 0. The molecule has 2 aromatic heterocycles. The molecule has 0 amide bonds. The van der Waals surface area contributed by atoms with E-state index in [1.807, 2.05) is 17.1 Å². The van der Waals surface area contributed by atoms with Gasteiger partial charge in [-0.3, -0.25) is 4.68 Å². The first kappa shape index (κ1) is 11.8. The Balaban J connectivity index is 1.79. The molecule has 3 rings (SSSR count). The maximum atomic E-state index is 4.31. The fourth-order valence-electron chi connectivity index (χ4n) is 2.25. The molecule has 0 saturated carbocycles. The van der Waals surface area contributed by atoms with Crippen molar-refractivity contribution < 1.29 is 0 Å². The Morgan fingerprint density at radius 3 is 3.05 bits per heavy atom. The van der Waals surface area contributed by atoms with Crippen LogP contribution in [0.4, 0.5) is 5.69 Å². The van der Waals surface area contributed by atoms with Gasteiger partial charge in [-0.2, -0.15) is 5.10 Å². The molecule has 2 heterocycles. The Kier molecular flexibility index (Phi) is 2.99. The average molecular weight is 254 g/mol. The molecule has 0 aliphatic heterocycles. The summed E-state index contributed by atoms with van der Waals surface area (Å²) in [5, 5.41) is 9.04. The fourth-order valence-corrected chi connectivity index (χ4v) is 2.25. The summed E-state index contributed by atoms with van der Waals surface area (Å²) in [6.07, 6.45) is 5.98. The van der Waals surface area contributed by atoms with Gasteiger partial charge in [-0.05, 0) is 38.1 Å². The van der Waals surface area contributed by atoms with Crippen molar-refractivity contribution in [1.29, 1.82) is 0 Å².